The number of anilines is 2. The lowest BCUT2D eigenvalue weighted by Crippen LogP contribution is -2.48. The molecule has 0 unspecified atom stereocenters. The summed E-state index contributed by atoms with van der Waals surface area (Å²) in [6.07, 6.45) is 6.08. The van der Waals surface area contributed by atoms with Crippen molar-refractivity contribution in [2.45, 2.75) is 37.8 Å². The van der Waals surface area contributed by atoms with E-state index >= 15 is 0 Å². The number of carbonyl (C=O) groups excluding carboxylic acids is 1. The summed E-state index contributed by atoms with van der Waals surface area (Å²) in [7, 11) is 0. The number of rotatable bonds is 2. The van der Waals surface area contributed by atoms with E-state index in [2.05, 4.69) is 20.2 Å². The van der Waals surface area contributed by atoms with Gasteiger partial charge in [-0.25, -0.2) is 0 Å². The molecule has 0 atom stereocenters. The summed E-state index contributed by atoms with van der Waals surface area (Å²) in [6, 6.07) is 1.50. The molecule has 1 saturated carbocycles. The number of hydrogen-bond acceptors (Lipinski definition) is 6. The molecular formula is C14H14ClN5O2S. The second-order valence-corrected chi connectivity index (χ2v) is 7.04. The molecule has 2 aliphatic rings. The van der Waals surface area contributed by atoms with E-state index < -0.39 is 5.66 Å². The maximum atomic E-state index is 13.0. The number of amides is 1. The van der Waals surface area contributed by atoms with Crippen molar-refractivity contribution in [1.29, 1.82) is 0 Å². The number of hydrogen-bond donors (Lipinski definition) is 2. The topological polar surface area (TPSA) is 88.9 Å². The minimum absolute atomic E-state index is 0.252. The van der Waals surface area contributed by atoms with Gasteiger partial charge in [-0.05, 0) is 31.7 Å². The average molecular weight is 352 g/mol. The molecule has 0 aromatic carbocycles. The van der Waals surface area contributed by atoms with Crippen molar-refractivity contribution in [3.63, 3.8) is 0 Å². The van der Waals surface area contributed by atoms with E-state index in [1.165, 1.54) is 12.3 Å². The summed E-state index contributed by atoms with van der Waals surface area (Å²) >= 11 is 7.44. The van der Waals surface area contributed by atoms with Gasteiger partial charge in [-0.3, -0.25) is 14.2 Å². The Labute approximate surface area is 140 Å². The third-order valence-corrected chi connectivity index (χ3v) is 5.31. The monoisotopic (exact) mass is 351 g/mol. The lowest BCUT2D eigenvalue weighted by atomic mass is 9.89. The van der Waals surface area contributed by atoms with Gasteiger partial charge in [0.1, 0.15) is 22.0 Å². The first-order valence-electron chi connectivity index (χ1n) is 7.44. The van der Waals surface area contributed by atoms with Gasteiger partial charge in [-0.2, -0.15) is 0 Å². The van der Waals surface area contributed by atoms with E-state index in [1.54, 1.807) is 4.57 Å². The summed E-state index contributed by atoms with van der Waals surface area (Å²) in [5.74, 6) is -0.278. The zero-order valence-electron chi connectivity index (χ0n) is 12.1. The fourth-order valence-electron chi connectivity index (χ4n) is 3.46. The molecule has 2 aromatic rings. The van der Waals surface area contributed by atoms with Gasteiger partial charge in [0.15, 0.2) is 0 Å². The molecule has 1 amide bonds. The van der Waals surface area contributed by atoms with Crippen LogP contribution in [-0.4, -0.2) is 20.1 Å². The number of carbonyl (C=O) groups is 1. The van der Waals surface area contributed by atoms with Gasteiger partial charge in [-0.1, -0.05) is 22.5 Å². The van der Waals surface area contributed by atoms with Crippen LogP contribution in [0.2, 0.25) is 5.02 Å². The molecule has 0 radical (unpaired) electrons. The highest BCUT2D eigenvalue weighted by Gasteiger charge is 2.45. The summed E-state index contributed by atoms with van der Waals surface area (Å²) in [6.45, 7) is 0. The van der Waals surface area contributed by atoms with Crippen molar-refractivity contribution in [3.05, 3.63) is 33.3 Å². The third kappa shape index (κ3) is 2.24. The normalized spacial score (nSPS) is 18.7. The fraction of sp³-hybridized carbons (Fsp3) is 0.429. The maximum absolute atomic E-state index is 13.0. The fourth-order valence-corrected chi connectivity index (χ4v) is 4.17. The number of nitrogens with one attached hydrogen (secondary N) is 2. The highest BCUT2D eigenvalue weighted by Crippen LogP contribution is 2.38. The molecule has 7 nitrogen and oxygen atoms in total. The van der Waals surface area contributed by atoms with Crippen molar-refractivity contribution in [1.82, 2.24) is 19.5 Å². The first-order chi connectivity index (χ1) is 11.1. The Morgan fingerprint density at radius 1 is 1.30 bits per heavy atom. The van der Waals surface area contributed by atoms with Crippen LogP contribution < -0.4 is 16.2 Å². The van der Waals surface area contributed by atoms with E-state index in [9.17, 15) is 9.59 Å². The van der Waals surface area contributed by atoms with E-state index in [-0.39, 0.29) is 22.2 Å². The molecule has 9 heteroatoms. The minimum atomic E-state index is -0.644. The molecule has 0 bridgehead atoms. The molecule has 23 heavy (non-hydrogen) atoms. The van der Waals surface area contributed by atoms with Crippen molar-refractivity contribution < 1.29 is 4.79 Å². The quantitative estimate of drug-likeness (QED) is 0.867. The molecule has 4 rings (SSSR count). The summed E-state index contributed by atoms with van der Waals surface area (Å²) < 4.78 is 5.31. The first kappa shape index (κ1) is 14.6. The van der Waals surface area contributed by atoms with Crippen LogP contribution in [0.3, 0.4) is 0 Å². The Hall–Kier alpha value is -1.93. The SMILES string of the molecule is O=C1NC2(CCCCC2)n2c1c(Cl)cc(Nc1cnns1)c2=O. The average Bonchev–Trinajstić information content (AvgIpc) is 3.12. The number of pyridine rings is 1. The molecule has 120 valence electrons. The second kappa shape index (κ2) is 5.31. The van der Waals surface area contributed by atoms with Crippen molar-refractivity contribution in [3.8, 4) is 0 Å². The zero-order valence-corrected chi connectivity index (χ0v) is 13.7. The van der Waals surface area contributed by atoms with E-state index in [0.29, 0.717) is 10.7 Å². The molecule has 1 aliphatic carbocycles. The smallest absolute Gasteiger partial charge is 0.276 e. The van der Waals surface area contributed by atoms with Crippen LogP contribution in [0.4, 0.5) is 10.7 Å². The molecule has 1 spiro atoms. The van der Waals surface area contributed by atoms with Gasteiger partial charge in [0, 0.05) is 11.5 Å². The molecule has 1 aliphatic heterocycles. The van der Waals surface area contributed by atoms with Crippen molar-refractivity contribution >= 4 is 39.7 Å². The molecule has 1 fully saturated rings. The summed E-state index contributed by atoms with van der Waals surface area (Å²) in [5, 5.41) is 10.6. The van der Waals surface area contributed by atoms with Gasteiger partial charge in [0.25, 0.3) is 11.5 Å². The molecular weight excluding hydrogens is 338 g/mol. The van der Waals surface area contributed by atoms with Crippen molar-refractivity contribution in [2.24, 2.45) is 0 Å². The van der Waals surface area contributed by atoms with Gasteiger partial charge in [0.2, 0.25) is 0 Å². The van der Waals surface area contributed by atoms with Crippen molar-refractivity contribution in [2.75, 3.05) is 5.32 Å². The third-order valence-electron chi connectivity index (χ3n) is 4.44. The van der Waals surface area contributed by atoms with Crippen LogP contribution in [0.1, 0.15) is 42.6 Å². The van der Waals surface area contributed by atoms with Crippen LogP contribution in [-0.2, 0) is 5.66 Å². The number of aromatic nitrogens is 3. The summed E-state index contributed by atoms with van der Waals surface area (Å²) in [5.41, 5.74) is -0.314. The predicted octanol–water partition coefficient (Wildman–Crippen LogP) is 2.46. The van der Waals surface area contributed by atoms with Gasteiger partial charge in [-0.15, -0.1) is 5.10 Å². The van der Waals surface area contributed by atoms with Gasteiger partial charge < -0.3 is 10.6 Å². The Balaban J connectivity index is 1.87. The Bertz CT molecular complexity index is 826. The summed E-state index contributed by atoms with van der Waals surface area (Å²) in [4.78, 5) is 25.3. The van der Waals surface area contributed by atoms with Crippen LogP contribution in [0, 0.1) is 0 Å². The highest BCUT2D eigenvalue weighted by molar-refractivity contribution is 7.09. The van der Waals surface area contributed by atoms with Crippen LogP contribution in [0.5, 0.6) is 0 Å². The Morgan fingerprint density at radius 3 is 2.78 bits per heavy atom. The largest absolute Gasteiger partial charge is 0.340 e. The Morgan fingerprint density at radius 2 is 2.09 bits per heavy atom. The molecule has 2 N–H and O–H groups in total. The van der Waals surface area contributed by atoms with Gasteiger partial charge >= 0.3 is 0 Å². The standard InChI is InChI=1S/C14H14ClN5O2S/c15-8-6-9(17-10-7-16-19-23-10)13(22)20-11(8)12(21)18-14(20)4-2-1-3-5-14/h6-7,17H,1-5H2,(H,18,21). The molecule has 0 saturated heterocycles. The molecule has 2 aromatic heterocycles. The lowest BCUT2D eigenvalue weighted by Gasteiger charge is -2.35. The molecule has 3 heterocycles. The number of halogens is 1. The Kier molecular flexibility index (Phi) is 3.38. The second-order valence-electron chi connectivity index (χ2n) is 5.85. The lowest BCUT2D eigenvalue weighted by molar-refractivity contribution is 0.0877. The van der Waals surface area contributed by atoms with Crippen LogP contribution >= 0.6 is 23.1 Å². The minimum Gasteiger partial charge on any atom is -0.340 e. The zero-order chi connectivity index (χ0) is 16.0. The van der Waals surface area contributed by atoms with E-state index in [4.69, 9.17) is 11.6 Å². The van der Waals surface area contributed by atoms with Gasteiger partial charge in [0.05, 0.1) is 11.2 Å². The predicted molar refractivity (Wildman–Crippen MR) is 87.4 cm³/mol. The van der Waals surface area contributed by atoms with E-state index in [1.807, 2.05) is 0 Å². The highest BCUT2D eigenvalue weighted by atomic mass is 35.5. The maximum Gasteiger partial charge on any atom is 0.276 e. The van der Waals surface area contributed by atoms with Crippen LogP contribution in [0.25, 0.3) is 0 Å². The van der Waals surface area contributed by atoms with E-state index in [0.717, 1.165) is 43.6 Å². The first-order valence-corrected chi connectivity index (χ1v) is 8.59. The van der Waals surface area contributed by atoms with Crippen LogP contribution in [0.15, 0.2) is 17.1 Å². The number of nitrogens with zero attached hydrogens (tertiary/aromatic N) is 3. The number of fused-ring (bicyclic) bond motifs is 2.